The van der Waals surface area contributed by atoms with Crippen LogP contribution in [0.4, 0.5) is 0 Å². The molecule has 4 fully saturated rings. The van der Waals surface area contributed by atoms with Crippen molar-refractivity contribution in [1.82, 2.24) is 0 Å². The van der Waals surface area contributed by atoms with E-state index in [-0.39, 0.29) is 12.2 Å². The van der Waals surface area contributed by atoms with Gasteiger partial charge in [-0.1, -0.05) is 0 Å². The van der Waals surface area contributed by atoms with E-state index in [0.29, 0.717) is 6.61 Å². The molecule has 0 atom stereocenters. The Morgan fingerprint density at radius 3 is 1.93 bits per heavy atom. The van der Waals surface area contributed by atoms with Crippen molar-refractivity contribution in [3.8, 4) is 0 Å². The Morgan fingerprint density at radius 1 is 1.00 bits per heavy atom. The number of hydrogen-bond donors (Lipinski definition) is 0. The van der Waals surface area contributed by atoms with Gasteiger partial charge in [0.05, 0.1) is 12.2 Å². The van der Waals surface area contributed by atoms with Gasteiger partial charge in [-0.25, -0.2) is 5.11 Å². The molecule has 0 N–H and O–H groups in total. The fraction of sp³-hybridized carbons (Fsp3) is 1.00. The van der Waals surface area contributed by atoms with Gasteiger partial charge in [0, 0.05) is 0 Å². The first-order valence-electron chi connectivity index (χ1n) is 6.02. The zero-order valence-electron chi connectivity index (χ0n) is 8.71. The fourth-order valence-electron chi connectivity index (χ4n) is 4.47. The minimum atomic E-state index is -0.0677. The molecule has 0 aromatic heterocycles. The van der Waals surface area contributed by atoms with E-state index in [2.05, 4.69) is 0 Å². The van der Waals surface area contributed by atoms with Crippen molar-refractivity contribution in [1.29, 1.82) is 0 Å². The zero-order valence-corrected chi connectivity index (χ0v) is 8.71. The summed E-state index contributed by atoms with van der Waals surface area (Å²) >= 11 is 0. The average molecular weight is 195 g/mol. The summed E-state index contributed by atoms with van der Waals surface area (Å²) in [5.41, 5.74) is 0.152. The maximum Gasteiger partial charge on any atom is 0.106 e. The maximum absolute atomic E-state index is 10.5. The zero-order chi connectivity index (χ0) is 9.60. The van der Waals surface area contributed by atoms with Gasteiger partial charge < -0.3 is 4.74 Å². The maximum atomic E-state index is 10.5. The lowest BCUT2D eigenvalue weighted by Crippen LogP contribution is -2.52. The summed E-state index contributed by atoms with van der Waals surface area (Å²) in [5.74, 6) is 2.77. The van der Waals surface area contributed by atoms with Crippen LogP contribution in [-0.4, -0.2) is 18.8 Å². The topological polar surface area (TPSA) is 29.1 Å². The van der Waals surface area contributed by atoms with Gasteiger partial charge in [0.15, 0.2) is 0 Å². The standard InChI is InChI=1S/C12H19O2/c13-1-2-14-12-6-9-3-10(7-12)5-11(4-9)8-12/h9-11H,1-8H2. The lowest BCUT2D eigenvalue weighted by Gasteiger charge is -2.56. The first-order valence-corrected chi connectivity index (χ1v) is 6.02. The predicted octanol–water partition coefficient (Wildman–Crippen LogP) is 2.40. The normalized spacial score (nSPS) is 49.9. The van der Waals surface area contributed by atoms with Crippen LogP contribution >= 0.6 is 0 Å². The van der Waals surface area contributed by atoms with Crippen LogP contribution in [-0.2, 0) is 9.84 Å². The Morgan fingerprint density at radius 2 is 1.50 bits per heavy atom. The molecule has 0 spiro atoms. The smallest absolute Gasteiger partial charge is 0.106 e. The highest BCUT2D eigenvalue weighted by Crippen LogP contribution is 2.56. The van der Waals surface area contributed by atoms with Crippen molar-refractivity contribution in [2.75, 3.05) is 13.2 Å². The quantitative estimate of drug-likeness (QED) is 0.680. The van der Waals surface area contributed by atoms with Crippen LogP contribution in [0.5, 0.6) is 0 Å². The number of ether oxygens (including phenoxy) is 1. The summed E-state index contributed by atoms with van der Waals surface area (Å²) in [6.45, 7) is 0.369. The van der Waals surface area contributed by atoms with Crippen LogP contribution in [0.2, 0.25) is 0 Å². The van der Waals surface area contributed by atoms with Crippen LogP contribution in [0, 0.1) is 17.8 Å². The average Bonchev–Trinajstić information content (AvgIpc) is 2.12. The number of rotatable bonds is 3. The largest absolute Gasteiger partial charge is 0.372 e. The molecule has 4 saturated carbocycles. The van der Waals surface area contributed by atoms with Crippen molar-refractivity contribution in [2.45, 2.75) is 44.1 Å². The molecule has 79 valence electrons. The predicted molar refractivity (Wildman–Crippen MR) is 52.4 cm³/mol. The molecule has 0 aromatic rings. The molecule has 4 bridgehead atoms. The molecule has 2 nitrogen and oxygen atoms in total. The third kappa shape index (κ3) is 1.40. The molecule has 0 amide bonds. The summed E-state index contributed by atoms with van der Waals surface area (Å²) in [5, 5.41) is 10.5. The van der Waals surface area contributed by atoms with Gasteiger partial charge in [0.1, 0.15) is 6.61 Å². The van der Waals surface area contributed by atoms with Crippen molar-refractivity contribution in [3.05, 3.63) is 0 Å². The van der Waals surface area contributed by atoms with Crippen LogP contribution in [0.25, 0.3) is 0 Å². The Bertz CT molecular complexity index is 189. The summed E-state index contributed by atoms with van der Waals surface area (Å²) in [4.78, 5) is 0. The fourth-order valence-corrected chi connectivity index (χ4v) is 4.47. The molecule has 0 aromatic carbocycles. The molecule has 0 heterocycles. The monoisotopic (exact) mass is 195 g/mol. The molecule has 4 rings (SSSR count). The van der Waals surface area contributed by atoms with E-state index in [0.717, 1.165) is 17.8 Å². The second-order valence-electron chi connectivity index (χ2n) is 5.65. The Balaban J connectivity index is 1.74. The van der Waals surface area contributed by atoms with Crippen molar-refractivity contribution < 1.29 is 9.84 Å². The summed E-state index contributed by atoms with van der Waals surface area (Å²) in [6.07, 6.45) is 8.08. The highest BCUT2D eigenvalue weighted by molar-refractivity contribution is 5.02. The Labute approximate surface area is 85.6 Å². The van der Waals surface area contributed by atoms with Crippen LogP contribution in [0.3, 0.4) is 0 Å². The van der Waals surface area contributed by atoms with Crippen LogP contribution < -0.4 is 0 Å². The van der Waals surface area contributed by atoms with E-state index >= 15 is 0 Å². The highest BCUT2D eigenvalue weighted by atomic mass is 16.5. The van der Waals surface area contributed by atoms with Gasteiger partial charge in [-0.05, 0) is 56.3 Å². The second kappa shape index (κ2) is 3.21. The van der Waals surface area contributed by atoms with Crippen molar-refractivity contribution >= 4 is 0 Å². The molecule has 14 heavy (non-hydrogen) atoms. The van der Waals surface area contributed by atoms with E-state index in [1.54, 1.807) is 0 Å². The molecular weight excluding hydrogens is 176 g/mol. The molecule has 0 saturated heterocycles. The first kappa shape index (κ1) is 9.17. The van der Waals surface area contributed by atoms with E-state index in [9.17, 15) is 5.11 Å². The molecule has 4 aliphatic rings. The third-order valence-electron chi connectivity index (χ3n) is 4.47. The minimum absolute atomic E-state index is 0.0677. The molecule has 0 unspecified atom stereocenters. The summed E-state index contributed by atoms with van der Waals surface area (Å²) in [7, 11) is 0. The third-order valence-corrected chi connectivity index (χ3v) is 4.47. The second-order valence-corrected chi connectivity index (χ2v) is 5.65. The molecule has 4 aliphatic carbocycles. The lowest BCUT2D eigenvalue weighted by molar-refractivity contribution is -0.168. The van der Waals surface area contributed by atoms with Gasteiger partial charge in [-0.2, -0.15) is 0 Å². The van der Waals surface area contributed by atoms with E-state index in [1.807, 2.05) is 0 Å². The Kier molecular flexibility index (Phi) is 2.10. The van der Waals surface area contributed by atoms with Crippen molar-refractivity contribution in [2.24, 2.45) is 17.8 Å². The van der Waals surface area contributed by atoms with Gasteiger partial charge >= 0.3 is 0 Å². The molecular formula is C12H19O2. The summed E-state index contributed by atoms with van der Waals surface area (Å²) in [6, 6.07) is 0. The highest BCUT2D eigenvalue weighted by Gasteiger charge is 2.51. The van der Waals surface area contributed by atoms with Crippen molar-refractivity contribution in [3.63, 3.8) is 0 Å². The van der Waals surface area contributed by atoms with E-state index in [4.69, 9.17) is 4.74 Å². The Hall–Kier alpha value is -0.0800. The molecule has 0 aliphatic heterocycles. The van der Waals surface area contributed by atoms with Gasteiger partial charge in [-0.15, -0.1) is 0 Å². The SMILES string of the molecule is [O]CCOC12CC3CC(CC(C3)C1)C2. The summed E-state index contributed by atoms with van der Waals surface area (Å²) < 4.78 is 5.88. The van der Waals surface area contributed by atoms with Gasteiger partial charge in [-0.3, -0.25) is 0 Å². The molecule has 2 heteroatoms. The van der Waals surface area contributed by atoms with Crippen LogP contribution in [0.15, 0.2) is 0 Å². The van der Waals surface area contributed by atoms with Gasteiger partial charge in [0.2, 0.25) is 0 Å². The van der Waals surface area contributed by atoms with E-state index < -0.39 is 0 Å². The molecule has 1 radical (unpaired) electrons. The minimum Gasteiger partial charge on any atom is -0.372 e. The number of hydrogen-bond acceptors (Lipinski definition) is 1. The van der Waals surface area contributed by atoms with Crippen LogP contribution in [0.1, 0.15) is 38.5 Å². The first-order chi connectivity index (χ1) is 6.80. The van der Waals surface area contributed by atoms with Gasteiger partial charge in [0.25, 0.3) is 0 Å². The van der Waals surface area contributed by atoms with E-state index in [1.165, 1.54) is 38.5 Å². The lowest BCUT2D eigenvalue weighted by atomic mass is 9.54.